The Morgan fingerprint density at radius 3 is 3.09 bits per heavy atom. The van der Waals surface area contributed by atoms with Crippen molar-refractivity contribution in [3.8, 4) is 0 Å². The number of methoxy groups -OCH3 is 1. The molecule has 0 saturated carbocycles. The highest BCUT2D eigenvalue weighted by Crippen LogP contribution is 2.54. The number of carbonyl (C=O) groups excluding carboxylic acids is 2. The van der Waals surface area contributed by atoms with Gasteiger partial charge in [0.1, 0.15) is 5.54 Å². The number of nitrogen functional groups attached to an aromatic ring is 1. The second-order valence-corrected chi connectivity index (χ2v) is 6.36. The first-order valence-electron chi connectivity index (χ1n) is 7.64. The number of nitrogens with one attached hydrogen (secondary N) is 1. The summed E-state index contributed by atoms with van der Waals surface area (Å²) in [4.78, 5) is 27.2. The lowest BCUT2D eigenvalue weighted by Crippen LogP contribution is -2.47. The van der Waals surface area contributed by atoms with Crippen molar-refractivity contribution in [1.29, 1.82) is 0 Å². The van der Waals surface area contributed by atoms with Gasteiger partial charge in [0.15, 0.2) is 0 Å². The summed E-state index contributed by atoms with van der Waals surface area (Å²) in [5.74, 6) is -0.532. The van der Waals surface area contributed by atoms with Crippen LogP contribution in [0.3, 0.4) is 0 Å². The number of esters is 1. The molecule has 3 aliphatic rings. The van der Waals surface area contributed by atoms with Crippen molar-refractivity contribution in [3.05, 3.63) is 23.8 Å². The number of ether oxygens (including phenoxy) is 1. The SMILES string of the molecule is COC(=O)[C@@H]1C[C@]2(C(=O)Nc3ccc(N)cc32)N2CCC[C@@H]12. The first kappa shape index (κ1) is 13.6. The number of anilines is 2. The smallest absolute Gasteiger partial charge is 0.310 e. The Balaban J connectivity index is 1.86. The Morgan fingerprint density at radius 2 is 2.32 bits per heavy atom. The molecule has 2 saturated heterocycles. The number of nitrogens with two attached hydrogens (primary N) is 1. The molecule has 2 fully saturated rings. The Bertz CT molecular complexity index is 675. The summed E-state index contributed by atoms with van der Waals surface area (Å²) in [6.45, 7) is 0.819. The van der Waals surface area contributed by atoms with Crippen LogP contribution in [0.1, 0.15) is 24.8 Å². The van der Waals surface area contributed by atoms with Gasteiger partial charge >= 0.3 is 5.97 Å². The molecular formula is C16H19N3O3. The van der Waals surface area contributed by atoms with E-state index < -0.39 is 5.54 Å². The zero-order chi connectivity index (χ0) is 15.5. The van der Waals surface area contributed by atoms with Gasteiger partial charge in [-0.05, 0) is 44.0 Å². The van der Waals surface area contributed by atoms with Crippen LogP contribution in [0, 0.1) is 5.92 Å². The molecule has 3 atom stereocenters. The average molecular weight is 301 g/mol. The number of fused-ring (bicyclic) bond motifs is 4. The second-order valence-electron chi connectivity index (χ2n) is 6.36. The van der Waals surface area contributed by atoms with Crippen LogP contribution in [-0.4, -0.2) is 36.5 Å². The molecule has 3 aliphatic heterocycles. The van der Waals surface area contributed by atoms with Crippen LogP contribution in [-0.2, 0) is 19.9 Å². The number of hydrogen-bond donors (Lipinski definition) is 2. The zero-order valence-corrected chi connectivity index (χ0v) is 12.5. The van der Waals surface area contributed by atoms with E-state index in [2.05, 4.69) is 10.2 Å². The molecule has 4 rings (SSSR count). The summed E-state index contributed by atoms with van der Waals surface area (Å²) < 4.78 is 4.97. The Kier molecular flexibility index (Phi) is 2.75. The van der Waals surface area contributed by atoms with Crippen LogP contribution in [0.25, 0.3) is 0 Å². The molecule has 0 unspecified atom stereocenters. The minimum absolute atomic E-state index is 0.0496. The minimum atomic E-state index is -0.773. The van der Waals surface area contributed by atoms with E-state index in [-0.39, 0.29) is 23.8 Å². The van der Waals surface area contributed by atoms with Crippen molar-refractivity contribution in [2.45, 2.75) is 30.8 Å². The maximum Gasteiger partial charge on any atom is 0.310 e. The highest BCUT2D eigenvalue weighted by atomic mass is 16.5. The van der Waals surface area contributed by atoms with Crippen LogP contribution in [0.15, 0.2) is 18.2 Å². The van der Waals surface area contributed by atoms with Crippen molar-refractivity contribution in [2.24, 2.45) is 5.92 Å². The normalized spacial score (nSPS) is 32.9. The number of benzene rings is 1. The summed E-state index contributed by atoms with van der Waals surface area (Å²) in [6, 6.07) is 5.56. The molecule has 1 aromatic rings. The van der Waals surface area contributed by atoms with Crippen molar-refractivity contribution < 1.29 is 14.3 Å². The Labute approximate surface area is 128 Å². The molecule has 1 aromatic carbocycles. The summed E-state index contributed by atoms with van der Waals surface area (Å²) in [5, 5.41) is 2.96. The lowest BCUT2D eigenvalue weighted by Gasteiger charge is -2.32. The second kappa shape index (κ2) is 4.46. The van der Waals surface area contributed by atoms with Crippen molar-refractivity contribution in [2.75, 3.05) is 24.7 Å². The standard InChI is InChI=1S/C16H19N3O3/c1-22-14(20)10-8-16(19-6-2-3-13(10)19)11-7-9(17)4-5-12(11)18-15(16)21/h4-5,7,10,13H,2-3,6,8,17H2,1H3,(H,18,21)/t10-,13+,16+/m1/s1. The van der Waals surface area contributed by atoms with E-state index in [1.807, 2.05) is 12.1 Å². The quantitative estimate of drug-likeness (QED) is 0.599. The molecule has 3 heterocycles. The Morgan fingerprint density at radius 1 is 1.50 bits per heavy atom. The van der Waals surface area contributed by atoms with Gasteiger partial charge in [-0.25, -0.2) is 0 Å². The molecule has 0 aromatic heterocycles. The maximum atomic E-state index is 12.8. The summed E-state index contributed by atoms with van der Waals surface area (Å²) in [6.07, 6.45) is 2.38. The molecule has 6 heteroatoms. The van der Waals surface area contributed by atoms with Gasteiger partial charge in [-0.2, -0.15) is 0 Å². The van der Waals surface area contributed by atoms with Gasteiger partial charge in [-0.3, -0.25) is 14.5 Å². The zero-order valence-electron chi connectivity index (χ0n) is 12.5. The molecule has 0 aliphatic carbocycles. The van der Waals surface area contributed by atoms with E-state index in [1.165, 1.54) is 7.11 Å². The van der Waals surface area contributed by atoms with Gasteiger partial charge in [0, 0.05) is 23.0 Å². The van der Waals surface area contributed by atoms with E-state index in [0.29, 0.717) is 12.1 Å². The van der Waals surface area contributed by atoms with E-state index in [1.54, 1.807) is 6.07 Å². The summed E-state index contributed by atoms with van der Waals surface area (Å²) in [7, 11) is 1.41. The molecule has 1 amide bonds. The van der Waals surface area contributed by atoms with Gasteiger partial charge in [0.25, 0.3) is 0 Å². The number of nitrogens with zero attached hydrogens (tertiary/aromatic N) is 1. The minimum Gasteiger partial charge on any atom is -0.469 e. The molecule has 116 valence electrons. The Hall–Kier alpha value is -2.08. The molecule has 6 nitrogen and oxygen atoms in total. The summed E-state index contributed by atoms with van der Waals surface area (Å²) in [5.41, 5.74) is 7.49. The number of carbonyl (C=O) groups is 2. The van der Waals surface area contributed by atoms with Crippen LogP contribution in [0.2, 0.25) is 0 Å². The number of amides is 1. The average Bonchev–Trinajstić information content (AvgIpc) is 3.15. The van der Waals surface area contributed by atoms with E-state index in [4.69, 9.17) is 10.5 Å². The van der Waals surface area contributed by atoms with Crippen LogP contribution >= 0.6 is 0 Å². The number of rotatable bonds is 1. The third-order valence-electron chi connectivity index (χ3n) is 5.39. The van der Waals surface area contributed by atoms with E-state index in [0.717, 1.165) is 30.6 Å². The molecular weight excluding hydrogens is 282 g/mol. The van der Waals surface area contributed by atoms with Crippen LogP contribution in [0.4, 0.5) is 11.4 Å². The molecule has 22 heavy (non-hydrogen) atoms. The van der Waals surface area contributed by atoms with Gasteiger partial charge < -0.3 is 15.8 Å². The molecule has 1 spiro atoms. The predicted molar refractivity (Wildman–Crippen MR) is 81.0 cm³/mol. The largest absolute Gasteiger partial charge is 0.469 e. The highest BCUT2D eigenvalue weighted by molar-refractivity contribution is 6.07. The van der Waals surface area contributed by atoms with Crippen LogP contribution < -0.4 is 11.1 Å². The maximum absolute atomic E-state index is 12.8. The van der Waals surface area contributed by atoms with Crippen molar-refractivity contribution in [1.82, 2.24) is 4.90 Å². The van der Waals surface area contributed by atoms with Gasteiger partial charge in [0.2, 0.25) is 5.91 Å². The summed E-state index contributed by atoms with van der Waals surface area (Å²) >= 11 is 0. The molecule has 0 radical (unpaired) electrons. The lowest BCUT2D eigenvalue weighted by molar-refractivity contribution is -0.146. The van der Waals surface area contributed by atoms with Crippen LogP contribution in [0.5, 0.6) is 0 Å². The van der Waals surface area contributed by atoms with Gasteiger partial charge in [-0.15, -0.1) is 0 Å². The fraction of sp³-hybridized carbons (Fsp3) is 0.500. The van der Waals surface area contributed by atoms with E-state index >= 15 is 0 Å². The van der Waals surface area contributed by atoms with Gasteiger partial charge in [0.05, 0.1) is 13.0 Å². The predicted octanol–water partition coefficient (Wildman–Crippen LogP) is 1.07. The van der Waals surface area contributed by atoms with Crippen molar-refractivity contribution in [3.63, 3.8) is 0 Å². The fourth-order valence-corrected chi connectivity index (χ4v) is 4.50. The number of hydrogen-bond acceptors (Lipinski definition) is 5. The van der Waals surface area contributed by atoms with Gasteiger partial charge in [-0.1, -0.05) is 0 Å². The highest BCUT2D eigenvalue weighted by Gasteiger charge is 2.63. The monoisotopic (exact) mass is 301 g/mol. The third-order valence-corrected chi connectivity index (χ3v) is 5.39. The topological polar surface area (TPSA) is 84.7 Å². The van der Waals surface area contributed by atoms with E-state index in [9.17, 15) is 9.59 Å². The third kappa shape index (κ3) is 1.53. The lowest BCUT2D eigenvalue weighted by atomic mass is 9.84. The fourth-order valence-electron chi connectivity index (χ4n) is 4.50. The first-order valence-corrected chi connectivity index (χ1v) is 7.64. The first-order chi connectivity index (χ1) is 10.6. The molecule has 3 N–H and O–H groups in total. The molecule has 0 bridgehead atoms. The van der Waals surface area contributed by atoms with Crippen molar-refractivity contribution >= 4 is 23.3 Å².